The fourth-order valence-electron chi connectivity index (χ4n) is 3.13. The van der Waals surface area contributed by atoms with Crippen molar-refractivity contribution in [3.8, 4) is 11.5 Å². The summed E-state index contributed by atoms with van der Waals surface area (Å²) in [5, 5.41) is 19.3. The van der Waals surface area contributed by atoms with Gasteiger partial charge < -0.3 is 25.8 Å². The van der Waals surface area contributed by atoms with Crippen LogP contribution in [0.25, 0.3) is 0 Å². The lowest BCUT2D eigenvalue weighted by atomic mass is 9.90. The minimum Gasteiger partial charge on any atom is -0.508 e. The second-order valence-corrected chi connectivity index (χ2v) is 6.34. The second-order valence-electron chi connectivity index (χ2n) is 6.34. The third-order valence-electron chi connectivity index (χ3n) is 4.58. The van der Waals surface area contributed by atoms with Crippen molar-refractivity contribution in [3.05, 3.63) is 53.6 Å². The topological polar surface area (TPSA) is 95.0 Å². The lowest BCUT2D eigenvalue weighted by molar-refractivity contribution is -0.116. The quantitative estimate of drug-likeness (QED) is 0.479. The van der Waals surface area contributed by atoms with Crippen molar-refractivity contribution in [1.29, 1.82) is 0 Å². The minimum absolute atomic E-state index is 0.0183. The molecule has 0 fully saturated rings. The third kappa shape index (κ3) is 4.49. The summed E-state index contributed by atoms with van der Waals surface area (Å²) >= 11 is 0. The van der Waals surface area contributed by atoms with Gasteiger partial charge in [0.2, 0.25) is 5.91 Å². The van der Waals surface area contributed by atoms with Crippen LogP contribution in [-0.2, 0) is 11.3 Å². The van der Waals surface area contributed by atoms with Crippen LogP contribution in [0.5, 0.6) is 11.5 Å². The Hall–Kier alpha value is -3.22. The highest BCUT2D eigenvalue weighted by atomic mass is 16.5. The lowest BCUT2D eigenvalue weighted by Crippen LogP contribution is -2.40. The van der Waals surface area contributed by atoms with E-state index in [2.05, 4.69) is 20.9 Å². The normalized spacial score (nSPS) is 16.3. The van der Waals surface area contributed by atoms with Gasteiger partial charge in [0.15, 0.2) is 5.96 Å². The molecule has 0 saturated heterocycles. The highest BCUT2D eigenvalue weighted by molar-refractivity contribution is 5.94. The number of amides is 1. The van der Waals surface area contributed by atoms with Crippen LogP contribution in [0.3, 0.4) is 0 Å². The molecule has 142 valence electrons. The first kappa shape index (κ1) is 18.6. The van der Waals surface area contributed by atoms with Crippen LogP contribution in [0, 0.1) is 0 Å². The van der Waals surface area contributed by atoms with Crippen molar-refractivity contribution in [2.45, 2.75) is 18.9 Å². The van der Waals surface area contributed by atoms with Gasteiger partial charge in [0, 0.05) is 43.7 Å². The second kappa shape index (κ2) is 8.44. The molecule has 0 aliphatic carbocycles. The van der Waals surface area contributed by atoms with Crippen molar-refractivity contribution < 1.29 is 14.6 Å². The predicted octanol–water partition coefficient (Wildman–Crippen LogP) is 2.19. The van der Waals surface area contributed by atoms with E-state index in [0.717, 1.165) is 11.3 Å². The zero-order chi connectivity index (χ0) is 19.2. The molecule has 7 heteroatoms. The van der Waals surface area contributed by atoms with E-state index in [-0.39, 0.29) is 17.6 Å². The van der Waals surface area contributed by atoms with Crippen LogP contribution < -0.4 is 20.7 Å². The van der Waals surface area contributed by atoms with Crippen molar-refractivity contribution in [3.63, 3.8) is 0 Å². The SMILES string of the molecule is CN=C(NCc1cc(OC)ccc1O)NCC1CC(=O)Nc2ccccc21. The number of hydrogen-bond donors (Lipinski definition) is 4. The maximum Gasteiger partial charge on any atom is 0.225 e. The molecule has 0 radical (unpaired) electrons. The van der Waals surface area contributed by atoms with Crippen LogP contribution >= 0.6 is 0 Å². The fraction of sp³-hybridized carbons (Fsp3) is 0.300. The Labute approximate surface area is 158 Å². The number of hydrogen-bond acceptors (Lipinski definition) is 4. The van der Waals surface area contributed by atoms with Gasteiger partial charge in [0.1, 0.15) is 11.5 Å². The summed E-state index contributed by atoms with van der Waals surface area (Å²) in [5.41, 5.74) is 2.69. The van der Waals surface area contributed by atoms with Gasteiger partial charge >= 0.3 is 0 Å². The van der Waals surface area contributed by atoms with E-state index in [9.17, 15) is 9.90 Å². The Morgan fingerprint density at radius 1 is 1.30 bits per heavy atom. The van der Waals surface area contributed by atoms with Gasteiger partial charge in [0.25, 0.3) is 0 Å². The largest absolute Gasteiger partial charge is 0.508 e. The molecule has 0 saturated carbocycles. The Morgan fingerprint density at radius 3 is 2.89 bits per heavy atom. The number of para-hydroxylation sites is 1. The highest BCUT2D eigenvalue weighted by Gasteiger charge is 2.24. The average molecular weight is 368 g/mol. The van der Waals surface area contributed by atoms with Crippen LogP contribution in [-0.4, -0.2) is 37.7 Å². The van der Waals surface area contributed by atoms with Crippen LogP contribution in [0.1, 0.15) is 23.5 Å². The van der Waals surface area contributed by atoms with Gasteiger partial charge in [-0.3, -0.25) is 9.79 Å². The molecule has 1 atom stereocenters. The van der Waals surface area contributed by atoms with E-state index in [4.69, 9.17) is 4.74 Å². The molecule has 3 rings (SSSR count). The number of fused-ring (bicyclic) bond motifs is 1. The molecular formula is C20H24N4O3. The molecule has 0 aromatic heterocycles. The first-order chi connectivity index (χ1) is 13.1. The molecule has 7 nitrogen and oxygen atoms in total. The molecular weight excluding hydrogens is 344 g/mol. The van der Waals surface area contributed by atoms with Crippen LogP contribution in [0.4, 0.5) is 5.69 Å². The molecule has 0 spiro atoms. The summed E-state index contributed by atoms with van der Waals surface area (Å²) in [4.78, 5) is 16.2. The van der Waals surface area contributed by atoms with Crippen molar-refractivity contribution >= 4 is 17.6 Å². The third-order valence-corrected chi connectivity index (χ3v) is 4.58. The van der Waals surface area contributed by atoms with Crippen molar-refractivity contribution in [1.82, 2.24) is 10.6 Å². The van der Waals surface area contributed by atoms with Crippen molar-refractivity contribution in [2.24, 2.45) is 4.99 Å². The number of phenols is 1. The Balaban J connectivity index is 1.61. The number of benzene rings is 2. The zero-order valence-electron chi connectivity index (χ0n) is 15.5. The molecule has 1 amide bonds. The Kier molecular flexibility index (Phi) is 5.80. The Bertz CT molecular complexity index is 851. The monoisotopic (exact) mass is 368 g/mol. The number of carbonyl (C=O) groups excluding carboxylic acids is 1. The number of aromatic hydroxyl groups is 1. The van der Waals surface area contributed by atoms with Gasteiger partial charge in [-0.15, -0.1) is 0 Å². The predicted molar refractivity (Wildman–Crippen MR) is 105 cm³/mol. The number of aliphatic imine (C=N–C) groups is 1. The molecule has 1 aliphatic rings. The fourth-order valence-corrected chi connectivity index (χ4v) is 3.13. The Morgan fingerprint density at radius 2 is 2.11 bits per heavy atom. The lowest BCUT2D eigenvalue weighted by Gasteiger charge is -2.26. The van der Waals surface area contributed by atoms with Crippen molar-refractivity contribution in [2.75, 3.05) is 26.0 Å². The number of carbonyl (C=O) groups is 1. The van der Waals surface area contributed by atoms with E-state index in [1.54, 1.807) is 32.4 Å². The summed E-state index contributed by atoms with van der Waals surface area (Å²) in [6.07, 6.45) is 0.428. The number of methoxy groups -OCH3 is 1. The summed E-state index contributed by atoms with van der Waals surface area (Å²) in [6.45, 7) is 0.971. The maximum atomic E-state index is 11.9. The van der Waals surface area contributed by atoms with E-state index >= 15 is 0 Å². The summed E-state index contributed by atoms with van der Waals surface area (Å²) in [7, 11) is 3.27. The van der Waals surface area contributed by atoms with Gasteiger partial charge in [-0.1, -0.05) is 18.2 Å². The summed E-state index contributed by atoms with van der Waals surface area (Å²) in [5.74, 6) is 1.55. The number of rotatable bonds is 5. The zero-order valence-corrected chi connectivity index (χ0v) is 15.5. The maximum absolute atomic E-state index is 11.9. The smallest absolute Gasteiger partial charge is 0.225 e. The van der Waals surface area contributed by atoms with Gasteiger partial charge in [-0.05, 0) is 29.8 Å². The van der Waals surface area contributed by atoms with Crippen LogP contribution in [0.2, 0.25) is 0 Å². The molecule has 4 N–H and O–H groups in total. The minimum atomic E-state index is 0.0183. The van der Waals surface area contributed by atoms with E-state index < -0.39 is 0 Å². The number of phenolic OH excluding ortho intramolecular Hbond substituents is 1. The highest BCUT2D eigenvalue weighted by Crippen LogP contribution is 2.31. The van der Waals surface area contributed by atoms with Gasteiger partial charge in [-0.25, -0.2) is 0 Å². The molecule has 1 aliphatic heterocycles. The molecule has 1 heterocycles. The number of ether oxygens (including phenoxy) is 1. The van der Waals surface area contributed by atoms with E-state index in [1.807, 2.05) is 24.3 Å². The number of nitrogens with zero attached hydrogens (tertiary/aromatic N) is 1. The van der Waals surface area contributed by atoms with Crippen LogP contribution in [0.15, 0.2) is 47.5 Å². The first-order valence-corrected chi connectivity index (χ1v) is 8.80. The summed E-state index contributed by atoms with van der Waals surface area (Å²) < 4.78 is 5.19. The first-order valence-electron chi connectivity index (χ1n) is 8.80. The average Bonchev–Trinajstić information content (AvgIpc) is 2.69. The van der Waals surface area contributed by atoms with E-state index in [0.29, 0.717) is 36.8 Å². The summed E-state index contributed by atoms with van der Waals surface area (Å²) in [6, 6.07) is 12.9. The number of nitrogens with one attached hydrogen (secondary N) is 3. The van der Waals surface area contributed by atoms with Gasteiger partial charge in [0.05, 0.1) is 7.11 Å². The molecule has 2 aromatic carbocycles. The number of anilines is 1. The number of guanidine groups is 1. The standard InChI is InChI=1S/C20H24N4O3/c1-21-20(23-12-14-9-15(27-2)7-8-18(14)25)22-11-13-10-19(26)24-17-6-4-3-5-16(13)17/h3-9,13,25H,10-12H2,1-2H3,(H,24,26)(H2,21,22,23). The molecule has 1 unspecified atom stereocenters. The van der Waals surface area contributed by atoms with Gasteiger partial charge in [-0.2, -0.15) is 0 Å². The molecule has 0 bridgehead atoms. The molecule has 27 heavy (non-hydrogen) atoms. The molecule has 2 aromatic rings. The van der Waals surface area contributed by atoms with E-state index in [1.165, 1.54) is 0 Å².